The summed E-state index contributed by atoms with van der Waals surface area (Å²) in [5.41, 5.74) is 1.91. The third-order valence-electron chi connectivity index (χ3n) is 5.35. The van der Waals surface area contributed by atoms with E-state index in [4.69, 9.17) is 4.74 Å². The molecule has 1 amide bonds. The summed E-state index contributed by atoms with van der Waals surface area (Å²) in [5.74, 6) is 1.82. The predicted octanol–water partition coefficient (Wildman–Crippen LogP) is 1.47. The van der Waals surface area contributed by atoms with Crippen molar-refractivity contribution in [2.45, 2.75) is 6.04 Å². The van der Waals surface area contributed by atoms with Crippen LogP contribution in [0, 0.1) is 5.82 Å². The highest BCUT2D eigenvalue weighted by Crippen LogP contribution is 2.50. The smallest absolute Gasteiger partial charge is 0.407 e. The molecule has 138 valence electrons. The first-order valence-corrected chi connectivity index (χ1v) is 8.62. The Bertz CT molecular complexity index is 1040. The molecule has 1 aromatic carbocycles. The molecule has 4 heterocycles. The summed E-state index contributed by atoms with van der Waals surface area (Å²) in [4.78, 5) is 32.6. The zero-order valence-corrected chi connectivity index (χ0v) is 14.2. The molecule has 1 unspecified atom stereocenters. The van der Waals surface area contributed by atoms with Gasteiger partial charge in [-0.3, -0.25) is 0 Å². The fourth-order valence-electron chi connectivity index (χ4n) is 4.19. The number of nitrogens with zero attached hydrogens (tertiary/aromatic N) is 4. The van der Waals surface area contributed by atoms with E-state index in [0.29, 0.717) is 36.5 Å². The van der Waals surface area contributed by atoms with E-state index >= 15 is 0 Å². The average molecular weight is 370 g/mol. The lowest BCUT2D eigenvalue weighted by molar-refractivity contribution is 0.136. The van der Waals surface area contributed by atoms with Crippen LogP contribution in [0.4, 0.5) is 20.6 Å². The number of ether oxygens (including phenoxy) is 1. The van der Waals surface area contributed by atoms with E-state index < -0.39 is 18.0 Å². The van der Waals surface area contributed by atoms with Gasteiger partial charge in [0.25, 0.3) is 0 Å². The number of para-hydroxylation sites is 1. The zero-order chi connectivity index (χ0) is 18.7. The summed E-state index contributed by atoms with van der Waals surface area (Å²) in [5, 5.41) is 9.99. The first-order chi connectivity index (χ1) is 13.1. The topological polar surface area (TPSA) is 86.2 Å². The van der Waals surface area contributed by atoms with Gasteiger partial charge < -0.3 is 24.5 Å². The number of hydrogen-bond acceptors (Lipinski definition) is 6. The van der Waals surface area contributed by atoms with Crippen molar-refractivity contribution in [3.05, 3.63) is 29.7 Å². The SMILES string of the molecule is O=C=C1C2CN(C(=O)O)CCN2c2c3c(nc4c(F)cccc24)OCCN13. The van der Waals surface area contributed by atoms with Crippen molar-refractivity contribution in [1.82, 2.24) is 9.88 Å². The molecular formula is C18H15FN4O4. The number of piperazine rings is 1. The van der Waals surface area contributed by atoms with Crippen LogP contribution in [-0.2, 0) is 4.79 Å². The first kappa shape index (κ1) is 15.9. The Morgan fingerprint density at radius 1 is 1.30 bits per heavy atom. The third-order valence-corrected chi connectivity index (χ3v) is 5.35. The zero-order valence-electron chi connectivity index (χ0n) is 14.2. The lowest BCUT2D eigenvalue weighted by Gasteiger charge is -2.50. The van der Waals surface area contributed by atoms with E-state index in [1.54, 1.807) is 17.0 Å². The Balaban J connectivity index is 1.80. The molecule has 5 rings (SSSR count). The minimum absolute atomic E-state index is 0.144. The molecule has 0 saturated carbocycles. The van der Waals surface area contributed by atoms with Crippen LogP contribution >= 0.6 is 0 Å². The van der Waals surface area contributed by atoms with Gasteiger partial charge >= 0.3 is 6.09 Å². The first-order valence-electron chi connectivity index (χ1n) is 8.62. The number of anilines is 2. The summed E-state index contributed by atoms with van der Waals surface area (Å²) < 4.78 is 20.1. The lowest BCUT2D eigenvalue weighted by atomic mass is 9.98. The number of hydrogen-bond donors (Lipinski definition) is 1. The van der Waals surface area contributed by atoms with Crippen LogP contribution in [0.5, 0.6) is 5.88 Å². The van der Waals surface area contributed by atoms with Crippen LogP contribution in [0.1, 0.15) is 0 Å². The van der Waals surface area contributed by atoms with E-state index in [1.807, 2.05) is 10.8 Å². The Kier molecular flexibility index (Phi) is 3.29. The number of carboxylic acid groups (broad SMARTS) is 1. The number of halogens is 1. The number of fused-ring (bicyclic) bond motifs is 4. The van der Waals surface area contributed by atoms with Gasteiger partial charge in [-0.1, -0.05) is 12.1 Å². The molecule has 0 radical (unpaired) electrons. The number of benzene rings is 1. The summed E-state index contributed by atoms with van der Waals surface area (Å²) in [7, 11) is 0. The maximum Gasteiger partial charge on any atom is 0.407 e. The van der Waals surface area contributed by atoms with E-state index in [2.05, 4.69) is 4.98 Å². The minimum atomic E-state index is -1.03. The highest BCUT2D eigenvalue weighted by atomic mass is 19.1. The van der Waals surface area contributed by atoms with Crippen LogP contribution in [0.25, 0.3) is 10.9 Å². The molecule has 0 bridgehead atoms. The Labute approximate surface area is 153 Å². The summed E-state index contributed by atoms with van der Waals surface area (Å²) in [6.45, 7) is 1.51. The monoisotopic (exact) mass is 370 g/mol. The standard InChI is InChI=1S/C18H15FN4O4/c19-11-3-1-2-10-14(11)20-17-16-15(10)22-5-4-21(18(25)26)8-12(22)13(9-24)23(16)6-7-27-17/h1-3,12H,4-8H2,(H,25,26). The molecule has 1 aromatic heterocycles. The Hall–Kier alpha value is -3.32. The van der Waals surface area contributed by atoms with Gasteiger partial charge in [0.05, 0.1) is 24.8 Å². The fraction of sp³-hybridized carbons (Fsp3) is 0.333. The van der Waals surface area contributed by atoms with Gasteiger partial charge in [0.2, 0.25) is 5.88 Å². The number of pyridine rings is 1. The summed E-state index contributed by atoms with van der Waals surface area (Å²) >= 11 is 0. The number of amides is 1. The maximum atomic E-state index is 14.4. The molecule has 3 aliphatic heterocycles. The Morgan fingerprint density at radius 3 is 2.93 bits per heavy atom. The third kappa shape index (κ3) is 2.12. The summed E-state index contributed by atoms with van der Waals surface area (Å²) in [6.07, 6.45) is -1.03. The van der Waals surface area contributed by atoms with Gasteiger partial charge in [-0.05, 0) is 6.07 Å². The lowest BCUT2D eigenvalue weighted by Crippen LogP contribution is -2.60. The summed E-state index contributed by atoms with van der Waals surface area (Å²) in [6, 6.07) is 4.25. The van der Waals surface area contributed by atoms with Gasteiger partial charge in [-0.25, -0.2) is 19.0 Å². The molecule has 0 spiro atoms. The van der Waals surface area contributed by atoms with E-state index in [-0.39, 0.29) is 24.5 Å². The molecule has 27 heavy (non-hydrogen) atoms. The van der Waals surface area contributed by atoms with Gasteiger partial charge in [-0.2, -0.15) is 0 Å². The maximum absolute atomic E-state index is 14.4. The molecular weight excluding hydrogens is 355 g/mol. The number of rotatable bonds is 0. The largest absolute Gasteiger partial charge is 0.474 e. The van der Waals surface area contributed by atoms with Crippen LogP contribution < -0.4 is 14.5 Å². The normalized spacial score (nSPS) is 20.7. The van der Waals surface area contributed by atoms with Crippen LogP contribution in [0.2, 0.25) is 0 Å². The van der Waals surface area contributed by atoms with Crippen molar-refractivity contribution in [3.63, 3.8) is 0 Å². The van der Waals surface area contributed by atoms with Gasteiger partial charge in [0.1, 0.15) is 35.3 Å². The molecule has 2 aromatic rings. The quantitative estimate of drug-likeness (QED) is 0.703. The van der Waals surface area contributed by atoms with Crippen molar-refractivity contribution < 1.29 is 23.8 Å². The highest BCUT2D eigenvalue weighted by molar-refractivity contribution is 6.04. The van der Waals surface area contributed by atoms with Crippen molar-refractivity contribution >= 4 is 34.3 Å². The van der Waals surface area contributed by atoms with Crippen molar-refractivity contribution in [2.75, 3.05) is 42.6 Å². The average Bonchev–Trinajstić information content (AvgIpc) is 2.68. The van der Waals surface area contributed by atoms with Crippen LogP contribution in [-0.4, -0.2) is 65.9 Å². The van der Waals surface area contributed by atoms with Gasteiger partial charge in [-0.15, -0.1) is 0 Å². The number of carbonyl (C=O) groups is 1. The van der Waals surface area contributed by atoms with Crippen molar-refractivity contribution in [1.29, 1.82) is 0 Å². The molecule has 3 aliphatic rings. The van der Waals surface area contributed by atoms with Crippen LogP contribution in [0.3, 0.4) is 0 Å². The van der Waals surface area contributed by atoms with E-state index in [9.17, 15) is 19.1 Å². The predicted molar refractivity (Wildman–Crippen MR) is 94.5 cm³/mol. The molecule has 1 fully saturated rings. The molecule has 8 nitrogen and oxygen atoms in total. The molecule has 9 heteroatoms. The van der Waals surface area contributed by atoms with Crippen molar-refractivity contribution in [3.8, 4) is 5.88 Å². The minimum Gasteiger partial charge on any atom is -0.474 e. The van der Waals surface area contributed by atoms with Crippen molar-refractivity contribution in [2.24, 2.45) is 0 Å². The highest BCUT2D eigenvalue weighted by Gasteiger charge is 2.44. The second-order valence-corrected chi connectivity index (χ2v) is 6.68. The fourth-order valence-corrected chi connectivity index (χ4v) is 4.19. The second kappa shape index (κ2) is 5.59. The van der Waals surface area contributed by atoms with Gasteiger partial charge in [0.15, 0.2) is 0 Å². The molecule has 1 N–H and O–H groups in total. The molecule has 0 aliphatic carbocycles. The molecule has 1 atom stereocenters. The number of aromatic nitrogens is 1. The van der Waals surface area contributed by atoms with Gasteiger partial charge in [0, 0.05) is 18.5 Å². The second-order valence-electron chi connectivity index (χ2n) is 6.68. The molecule has 1 saturated heterocycles. The van der Waals surface area contributed by atoms with E-state index in [1.165, 1.54) is 11.0 Å². The Morgan fingerprint density at radius 2 is 2.15 bits per heavy atom. The van der Waals surface area contributed by atoms with E-state index in [0.717, 1.165) is 5.69 Å². The number of carbonyl (C=O) groups excluding carboxylic acids is 1. The van der Waals surface area contributed by atoms with Crippen LogP contribution in [0.15, 0.2) is 23.9 Å².